The quantitative estimate of drug-likeness (QED) is 0.523. The predicted molar refractivity (Wildman–Crippen MR) is 75.7 cm³/mol. The van der Waals surface area contributed by atoms with Gasteiger partial charge in [0.25, 0.3) is 0 Å². The number of aryl methyl sites for hydroxylation is 1. The minimum atomic E-state index is -0.341. The SMILES string of the molecule is Cc1cc(=O)oc2cc(OCC=CCS)ccc12. The van der Waals surface area contributed by atoms with Crippen LogP contribution in [0.3, 0.4) is 0 Å². The summed E-state index contributed by atoms with van der Waals surface area (Å²) in [5.41, 5.74) is 1.12. The molecular formula is C14H14O3S. The zero-order valence-corrected chi connectivity index (χ0v) is 10.9. The monoisotopic (exact) mass is 262 g/mol. The standard InChI is InChI=1S/C14H14O3S/c1-10-8-14(15)17-13-9-11(4-5-12(10)13)16-6-2-3-7-18/h2-5,8-9,18H,6-7H2,1H3. The smallest absolute Gasteiger partial charge is 0.336 e. The first-order chi connectivity index (χ1) is 8.70. The summed E-state index contributed by atoms with van der Waals surface area (Å²) in [4.78, 5) is 11.3. The summed E-state index contributed by atoms with van der Waals surface area (Å²) in [6.45, 7) is 2.36. The number of ether oxygens (including phenoxy) is 1. The van der Waals surface area contributed by atoms with Crippen LogP contribution in [-0.4, -0.2) is 12.4 Å². The third-order valence-electron chi connectivity index (χ3n) is 2.54. The van der Waals surface area contributed by atoms with Crippen LogP contribution in [0.5, 0.6) is 5.75 Å². The number of hydrogen-bond acceptors (Lipinski definition) is 4. The van der Waals surface area contributed by atoms with E-state index in [0.717, 1.165) is 10.9 Å². The second-order valence-corrected chi connectivity index (χ2v) is 4.24. The van der Waals surface area contributed by atoms with Gasteiger partial charge in [-0.2, -0.15) is 12.6 Å². The lowest BCUT2D eigenvalue weighted by Crippen LogP contribution is -1.98. The van der Waals surface area contributed by atoms with Crippen LogP contribution in [0.15, 0.2) is 45.6 Å². The van der Waals surface area contributed by atoms with Gasteiger partial charge in [-0.25, -0.2) is 4.79 Å². The van der Waals surface area contributed by atoms with Crippen molar-refractivity contribution in [1.82, 2.24) is 0 Å². The molecule has 0 aliphatic carbocycles. The number of rotatable bonds is 4. The molecule has 94 valence electrons. The van der Waals surface area contributed by atoms with E-state index < -0.39 is 0 Å². The lowest BCUT2D eigenvalue weighted by molar-refractivity contribution is 0.362. The van der Waals surface area contributed by atoms with Crippen LogP contribution in [-0.2, 0) is 0 Å². The van der Waals surface area contributed by atoms with Crippen molar-refractivity contribution in [1.29, 1.82) is 0 Å². The normalized spacial score (nSPS) is 11.2. The number of benzene rings is 1. The van der Waals surface area contributed by atoms with Crippen LogP contribution in [0.4, 0.5) is 0 Å². The minimum absolute atomic E-state index is 0.341. The summed E-state index contributed by atoms with van der Waals surface area (Å²) < 4.78 is 10.7. The van der Waals surface area contributed by atoms with Crippen molar-refractivity contribution >= 4 is 23.6 Å². The zero-order chi connectivity index (χ0) is 13.0. The van der Waals surface area contributed by atoms with Gasteiger partial charge in [-0.15, -0.1) is 0 Å². The summed E-state index contributed by atoms with van der Waals surface area (Å²) in [7, 11) is 0. The molecule has 2 rings (SSSR count). The number of fused-ring (bicyclic) bond motifs is 1. The third kappa shape index (κ3) is 2.96. The van der Waals surface area contributed by atoms with Crippen LogP contribution in [0.25, 0.3) is 11.0 Å². The largest absolute Gasteiger partial charge is 0.489 e. The molecule has 0 amide bonds. The summed E-state index contributed by atoms with van der Waals surface area (Å²) >= 11 is 4.06. The lowest BCUT2D eigenvalue weighted by Gasteiger charge is -2.05. The molecule has 4 heteroatoms. The van der Waals surface area contributed by atoms with Gasteiger partial charge in [0, 0.05) is 23.3 Å². The molecule has 3 nitrogen and oxygen atoms in total. The maximum Gasteiger partial charge on any atom is 0.336 e. The van der Waals surface area contributed by atoms with Crippen molar-refractivity contribution in [3.63, 3.8) is 0 Å². The fourth-order valence-electron chi connectivity index (χ4n) is 1.68. The van der Waals surface area contributed by atoms with Gasteiger partial charge in [0.15, 0.2) is 0 Å². The second-order valence-electron chi connectivity index (χ2n) is 3.87. The van der Waals surface area contributed by atoms with Gasteiger partial charge >= 0.3 is 5.63 Å². The number of hydrogen-bond donors (Lipinski definition) is 1. The topological polar surface area (TPSA) is 39.4 Å². The third-order valence-corrected chi connectivity index (χ3v) is 2.75. The van der Waals surface area contributed by atoms with Crippen molar-refractivity contribution in [2.24, 2.45) is 0 Å². The van der Waals surface area contributed by atoms with Gasteiger partial charge in [0.2, 0.25) is 0 Å². The highest BCUT2D eigenvalue weighted by molar-refractivity contribution is 7.80. The summed E-state index contributed by atoms with van der Waals surface area (Å²) in [5, 5.41) is 0.924. The van der Waals surface area contributed by atoms with Crippen molar-refractivity contribution in [3.8, 4) is 5.75 Å². The van der Waals surface area contributed by atoms with Crippen molar-refractivity contribution in [2.75, 3.05) is 12.4 Å². The van der Waals surface area contributed by atoms with Crippen molar-refractivity contribution in [2.45, 2.75) is 6.92 Å². The molecule has 0 saturated carbocycles. The van der Waals surface area contributed by atoms with Crippen LogP contribution in [0.2, 0.25) is 0 Å². The Hall–Kier alpha value is -1.68. The summed E-state index contributed by atoms with van der Waals surface area (Å²) in [6, 6.07) is 6.98. The maximum absolute atomic E-state index is 11.3. The van der Waals surface area contributed by atoms with Gasteiger partial charge in [-0.05, 0) is 24.6 Å². The molecule has 0 bridgehead atoms. The van der Waals surface area contributed by atoms with E-state index >= 15 is 0 Å². The van der Waals surface area contributed by atoms with Gasteiger partial charge < -0.3 is 9.15 Å². The molecule has 0 aliphatic rings. The highest BCUT2D eigenvalue weighted by Crippen LogP contribution is 2.22. The molecule has 1 aromatic carbocycles. The van der Waals surface area contributed by atoms with Gasteiger partial charge in [-0.1, -0.05) is 12.2 Å². The highest BCUT2D eigenvalue weighted by atomic mass is 32.1. The maximum atomic E-state index is 11.3. The van der Waals surface area contributed by atoms with E-state index in [-0.39, 0.29) is 5.63 Å². The Morgan fingerprint density at radius 2 is 2.17 bits per heavy atom. The lowest BCUT2D eigenvalue weighted by atomic mass is 10.1. The van der Waals surface area contributed by atoms with Crippen LogP contribution in [0, 0.1) is 6.92 Å². The van der Waals surface area contributed by atoms with E-state index in [4.69, 9.17) is 9.15 Å². The zero-order valence-electron chi connectivity index (χ0n) is 10.1. The molecule has 1 heterocycles. The molecule has 0 atom stereocenters. The molecular weight excluding hydrogens is 248 g/mol. The molecule has 0 spiro atoms. The van der Waals surface area contributed by atoms with E-state index in [0.29, 0.717) is 23.7 Å². The molecule has 0 N–H and O–H groups in total. The molecule has 18 heavy (non-hydrogen) atoms. The summed E-state index contributed by atoms with van der Waals surface area (Å²) in [6.07, 6.45) is 3.80. The Kier molecular flexibility index (Phi) is 4.10. The molecule has 0 unspecified atom stereocenters. The van der Waals surface area contributed by atoms with Crippen LogP contribution in [0.1, 0.15) is 5.56 Å². The predicted octanol–water partition coefficient (Wildman–Crippen LogP) is 2.97. The highest BCUT2D eigenvalue weighted by Gasteiger charge is 2.03. The van der Waals surface area contributed by atoms with E-state index in [1.165, 1.54) is 6.07 Å². The average molecular weight is 262 g/mol. The van der Waals surface area contributed by atoms with E-state index in [2.05, 4.69) is 12.6 Å². The molecule has 0 aliphatic heterocycles. The van der Waals surface area contributed by atoms with Crippen LogP contribution >= 0.6 is 12.6 Å². The number of thiol groups is 1. The molecule has 0 saturated heterocycles. The van der Waals surface area contributed by atoms with E-state index in [1.54, 1.807) is 6.07 Å². The minimum Gasteiger partial charge on any atom is -0.489 e. The second kappa shape index (κ2) is 5.78. The first kappa shape index (κ1) is 12.8. The fraction of sp³-hybridized carbons (Fsp3) is 0.214. The first-order valence-electron chi connectivity index (χ1n) is 5.64. The van der Waals surface area contributed by atoms with Gasteiger partial charge in [-0.3, -0.25) is 0 Å². The van der Waals surface area contributed by atoms with E-state index in [1.807, 2.05) is 31.2 Å². The first-order valence-corrected chi connectivity index (χ1v) is 6.27. The van der Waals surface area contributed by atoms with Crippen LogP contribution < -0.4 is 10.4 Å². The molecule has 2 aromatic rings. The Morgan fingerprint density at radius 1 is 1.33 bits per heavy atom. The Balaban J connectivity index is 2.27. The summed E-state index contributed by atoms with van der Waals surface area (Å²) in [5.74, 6) is 1.37. The molecule has 0 fully saturated rings. The molecule has 1 aromatic heterocycles. The van der Waals surface area contributed by atoms with Crippen molar-refractivity contribution < 1.29 is 9.15 Å². The van der Waals surface area contributed by atoms with E-state index in [9.17, 15) is 4.79 Å². The average Bonchev–Trinajstić information content (AvgIpc) is 2.34. The fourth-order valence-corrected chi connectivity index (χ4v) is 1.83. The molecule has 0 radical (unpaired) electrons. The van der Waals surface area contributed by atoms with Gasteiger partial charge in [0.1, 0.15) is 17.9 Å². The Labute approximate surface area is 110 Å². The van der Waals surface area contributed by atoms with Crippen molar-refractivity contribution in [3.05, 3.63) is 52.4 Å². The Bertz CT molecular complexity index is 628. The van der Waals surface area contributed by atoms with Gasteiger partial charge in [0.05, 0.1) is 0 Å². The Morgan fingerprint density at radius 3 is 2.94 bits per heavy atom.